The van der Waals surface area contributed by atoms with Crippen LogP contribution < -0.4 is 4.74 Å². The van der Waals surface area contributed by atoms with Gasteiger partial charge in [-0.2, -0.15) is 5.26 Å². The Hall–Kier alpha value is -2.94. The Morgan fingerprint density at radius 3 is 2.56 bits per heavy atom. The van der Waals surface area contributed by atoms with Crippen molar-refractivity contribution in [2.75, 3.05) is 13.2 Å². The molecule has 1 heterocycles. The minimum atomic E-state index is -0.580. The predicted octanol–water partition coefficient (Wildman–Crippen LogP) is 5.45. The minimum Gasteiger partial charge on any atom is -0.491 e. The van der Waals surface area contributed by atoms with Crippen LogP contribution in [-0.2, 0) is 21.3 Å². The second-order valence-corrected chi connectivity index (χ2v) is 10.9. The van der Waals surface area contributed by atoms with Gasteiger partial charge < -0.3 is 14.2 Å². The first-order valence-corrected chi connectivity index (χ1v) is 12.1. The number of allylic oxidation sites excluding steroid dienone is 2. The first kappa shape index (κ1) is 21.6. The zero-order valence-electron chi connectivity index (χ0n) is 20.2. The number of benzene rings is 2. The molecule has 1 aliphatic heterocycles. The summed E-state index contributed by atoms with van der Waals surface area (Å²) >= 11 is 0. The number of ether oxygens (including phenoxy) is 3. The van der Waals surface area contributed by atoms with E-state index in [-0.39, 0.29) is 17.3 Å². The lowest BCUT2D eigenvalue weighted by Crippen LogP contribution is -2.30. The van der Waals surface area contributed by atoms with E-state index in [0.29, 0.717) is 19.1 Å². The molecule has 2 aromatic rings. The lowest BCUT2D eigenvalue weighted by atomic mass is 9.68. The maximum absolute atomic E-state index is 13.7. The molecule has 0 unspecified atom stereocenters. The summed E-state index contributed by atoms with van der Waals surface area (Å²) in [5.41, 5.74) is 7.57. The summed E-state index contributed by atoms with van der Waals surface area (Å²) in [5.74, 6) is 0.690. The van der Waals surface area contributed by atoms with Gasteiger partial charge in [-0.3, -0.25) is 4.79 Å². The third-order valence-corrected chi connectivity index (χ3v) is 7.78. The van der Waals surface area contributed by atoms with Gasteiger partial charge >= 0.3 is 0 Å². The molecule has 1 atom stereocenters. The fraction of sp³-hybridized carbons (Fsp3) is 0.448. The number of hydrogen-bond acceptors (Lipinski definition) is 5. The molecule has 3 aliphatic carbocycles. The molecule has 1 saturated carbocycles. The number of nitrogens with zero attached hydrogens (tertiary/aromatic N) is 1. The van der Waals surface area contributed by atoms with Gasteiger partial charge in [-0.1, -0.05) is 19.9 Å². The fourth-order valence-corrected chi connectivity index (χ4v) is 5.91. The smallest absolute Gasteiger partial charge is 0.193 e. The average Bonchev–Trinajstić information content (AvgIpc) is 3.47. The van der Waals surface area contributed by atoms with Crippen LogP contribution in [0, 0.1) is 11.3 Å². The maximum atomic E-state index is 13.7. The number of fused-ring (bicyclic) bond motifs is 3. The van der Waals surface area contributed by atoms with Gasteiger partial charge in [0.15, 0.2) is 11.6 Å². The second kappa shape index (κ2) is 7.28. The molecule has 5 nitrogen and oxygen atoms in total. The molecule has 174 valence electrons. The highest BCUT2D eigenvalue weighted by Crippen LogP contribution is 2.54. The van der Waals surface area contributed by atoms with Crippen molar-refractivity contribution in [3.63, 3.8) is 0 Å². The number of hydrogen-bond donors (Lipinski definition) is 0. The molecule has 0 aromatic heterocycles. The molecular formula is C29H29NO4. The van der Waals surface area contributed by atoms with E-state index in [1.807, 2.05) is 44.2 Å². The van der Waals surface area contributed by atoms with E-state index < -0.39 is 5.79 Å². The molecule has 0 spiro atoms. The molecule has 2 fully saturated rings. The van der Waals surface area contributed by atoms with Crippen LogP contribution in [-0.4, -0.2) is 30.9 Å². The second-order valence-electron chi connectivity index (χ2n) is 10.9. The summed E-state index contributed by atoms with van der Waals surface area (Å²) in [6.45, 7) is 9.10. The van der Waals surface area contributed by atoms with Crippen molar-refractivity contribution in [2.24, 2.45) is 0 Å². The summed E-state index contributed by atoms with van der Waals surface area (Å²) < 4.78 is 17.6. The normalized spacial score (nSPS) is 23.9. The van der Waals surface area contributed by atoms with Gasteiger partial charge in [0.2, 0.25) is 0 Å². The van der Waals surface area contributed by atoms with Gasteiger partial charge in [0.05, 0.1) is 18.2 Å². The summed E-state index contributed by atoms with van der Waals surface area (Å²) in [6.07, 6.45) is 2.87. The van der Waals surface area contributed by atoms with Gasteiger partial charge in [0.25, 0.3) is 0 Å². The lowest BCUT2D eigenvalue weighted by molar-refractivity contribution is -0.141. The average molecular weight is 456 g/mol. The summed E-state index contributed by atoms with van der Waals surface area (Å²) in [4.78, 5) is 13.7. The van der Waals surface area contributed by atoms with Gasteiger partial charge in [-0.25, -0.2) is 0 Å². The van der Waals surface area contributed by atoms with Gasteiger partial charge in [0.1, 0.15) is 18.5 Å². The fourth-order valence-electron chi connectivity index (χ4n) is 5.91. The highest BCUT2D eigenvalue weighted by molar-refractivity contribution is 6.33. The van der Waals surface area contributed by atoms with Crippen molar-refractivity contribution in [3.8, 4) is 11.8 Å². The number of carbonyl (C=O) groups excluding carboxylic acids is 1. The number of Topliss-reactive ketones (excluding diaryl/α,β-unsaturated/α-hetero) is 1. The van der Waals surface area contributed by atoms with E-state index in [0.717, 1.165) is 58.4 Å². The quantitative estimate of drug-likeness (QED) is 0.613. The van der Waals surface area contributed by atoms with Crippen molar-refractivity contribution >= 4 is 11.4 Å². The van der Waals surface area contributed by atoms with E-state index in [9.17, 15) is 10.1 Å². The van der Waals surface area contributed by atoms with E-state index >= 15 is 0 Å². The van der Waals surface area contributed by atoms with Crippen LogP contribution in [0.1, 0.15) is 84.6 Å². The standard InChI is InChI=1S/C29H29NO4/c1-28(2)23-11-18(32-14-19-15-33-29(3,4)34-19)8-10-21(23)27(31)26-20-9-7-17(13-30)25(16-5-6-16)22(20)12-24(26)28/h7-11,16,19H,5-6,12,14-15H2,1-4H3/t19-/m0/s1. The van der Waals surface area contributed by atoms with Crippen LogP contribution in [0.4, 0.5) is 0 Å². The number of carbonyl (C=O) groups is 1. The van der Waals surface area contributed by atoms with Crippen LogP contribution in [0.2, 0.25) is 0 Å². The largest absolute Gasteiger partial charge is 0.491 e. The van der Waals surface area contributed by atoms with Crippen LogP contribution in [0.15, 0.2) is 35.9 Å². The van der Waals surface area contributed by atoms with Crippen molar-refractivity contribution in [2.45, 2.75) is 70.2 Å². The van der Waals surface area contributed by atoms with Gasteiger partial charge in [-0.15, -0.1) is 0 Å². The molecule has 34 heavy (non-hydrogen) atoms. The third-order valence-electron chi connectivity index (χ3n) is 7.78. The topological polar surface area (TPSA) is 68.5 Å². The van der Waals surface area contributed by atoms with Gasteiger partial charge in [0, 0.05) is 16.6 Å². The maximum Gasteiger partial charge on any atom is 0.193 e. The van der Waals surface area contributed by atoms with Crippen LogP contribution in [0.25, 0.3) is 5.57 Å². The summed E-state index contributed by atoms with van der Waals surface area (Å²) in [7, 11) is 0. The van der Waals surface area contributed by atoms with Gasteiger partial charge in [-0.05, 0) is 91.1 Å². The van der Waals surface area contributed by atoms with Crippen molar-refractivity contribution < 1.29 is 19.0 Å². The van der Waals surface area contributed by atoms with Crippen molar-refractivity contribution in [1.82, 2.24) is 0 Å². The first-order valence-electron chi connectivity index (χ1n) is 12.1. The highest BCUT2D eigenvalue weighted by atomic mass is 16.7. The zero-order chi connectivity index (χ0) is 23.8. The van der Waals surface area contributed by atoms with E-state index in [4.69, 9.17) is 14.2 Å². The first-order chi connectivity index (χ1) is 16.2. The molecule has 0 amide bonds. The lowest BCUT2D eigenvalue weighted by Gasteiger charge is -2.34. The Kier molecular flexibility index (Phi) is 4.62. The Balaban J connectivity index is 1.34. The Morgan fingerprint density at radius 1 is 1.12 bits per heavy atom. The Labute approximate surface area is 200 Å². The van der Waals surface area contributed by atoms with Crippen LogP contribution in [0.3, 0.4) is 0 Å². The molecule has 5 heteroatoms. The predicted molar refractivity (Wildman–Crippen MR) is 128 cm³/mol. The van der Waals surface area contributed by atoms with Crippen molar-refractivity contribution in [3.05, 3.63) is 69.3 Å². The molecule has 0 N–H and O–H groups in total. The van der Waals surface area contributed by atoms with E-state index in [1.165, 1.54) is 11.1 Å². The molecular weight excluding hydrogens is 426 g/mol. The molecule has 0 radical (unpaired) electrons. The summed E-state index contributed by atoms with van der Waals surface area (Å²) in [5, 5.41) is 9.71. The highest BCUT2D eigenvalue weighted by Gasteiger charge is 2.45. The third kappa shape index (κ3) is 3.24. The monoisotopic (exact) mass is 455 g/mol. The molecule has 4 aliphatic rings. The molecule has 2 aromatic carbocycles. The Bertz CT molecular complexity index is 1310. The Morgan fingerprint density at radius 2 is 1.88 bits per heavy atom. The summed E-state index contributed by atoms with van der Waals surface area (Å²) in [6, 6.07) is 12.1. The van der Waals surface area contributed by atoms with Crippen LogP contribution in [0.5, 0.6) is 5.75 Å². The molecule has 1 saturated heterocycles. The van der Waals surface area contributed by atoms with E-state index in [2.05, 4.69) is 19.9 Å². The van der Waals surface area contributed by atoms with Crippen molar-refractivity contribution in [1.29, 1.82) is 5.26 Å². The number of nitriles is 1. The SMILES string of the molecule is CC1(C)OC[C@H](COc2ccc3c(c2)C(C)(C)C2=C(C3=O)c3ccc(C#N)c(C4CC4)c3C2)O1. The molecule has 0 bridgehead atoms. The number of rotatable bonds is 4. The number of ketones is 1. The zero-order valence-corrected chi connectivity index (χ0v) is 20.2. The van der Waals surface area contributed by atoms with Crippen LogP contribution >= 0.6 is 0 Å². The molecule has 6 rings (SSSR count). The minimum absolute atomic E-state index is 0.0790. The van der Waals surface area contributed by atoms with E-state index in [1.54, 1.807) is 0 Å².